The summed E-state index contributed by atoms with van der Waals surface area (Å²) in [6, 6.07) is 15.4. The van der Waals surface area contributed by atoms with Crippen LogP contribution >= 0.6 is 11.6 Å². The van der Waals surface area contributed by atoms with E-state index < -0.39 is 12.0 Å². The number of hydrogen-bond acceptors (Lipinski definition) is 7. The smallest absolute Gasteiger partial charge is 0.311 e. The van der Waals surface area contributed by atoms with Crippen LogP contribution in [0.4, 0.5) is 0 Å². The number of rotatable bonds is 6. The molecule has 4 aromatic rings. The van der Waals surface area contributed by atoms with Gasteiger partial charge in [0.15, 0.2) is 6.19 Å². The highest BCUT2D eigenvalue weighted by molar-refractivity contribution is 6.30. The number of nitriles is 1. The lowest BCUT2D eigenvalue weighted by atomic mass is 9.65. The quantitative estimate of drug-likeness (QED) is 0.259. The number of nitrogens with zero attached hydrogens (tertiary/aromatic N) is 5. The van der Waals surface area contributed by atoms with Crippen molar-refractivity contribution >= 4 is 28.5 Å². The Morgan fingerprint density at radius 2 is 2.10 bits per heavy atom. The molecule has 1 aliphatic carbocycles. The Balaban J connectivity index is 1.32. The largest absolute Gasteiger partial charge is 0.469 e. The average Bonchev–Trinajstić information content (AvgIpc) is 3.60. The summed E-state index contributed by atoms with van der Waals surface area (Å²) in [6.07, 6.45) is 6.18. The number of nitrogens with one attached hydrogen (secondary N) is 1. The van der Waals surface area contributed by atoms with Crippen LogP contribution in [0.15, 0.2) is 54.7 Å². The Morgan fingerprint density at radius 3 is 2.90 bits per heavy atom. The van der Waals surface area contributed by atoms with Crippen molar-refractivity contribution in [2.45, 2.75) is 44.4 Å². The monoisotopic (exact) mass is 558 g/mol. The number of aromatic amines is 1. The molecule has 206 valence electrons. The number of halogens is 1. The van der Waals surface area contributed by atoms with E-state index in [1.807, 2.05) is 58.2 Å². The van der Waals surface area contributed by atoms with Crippen LogP contribution in [0.5, 0.6) is 0 Å². The maximum atomic E-state index is 12.7. The Labute approximate surface area is 237 Å². The average molecular weight is 559 g/mol. The van der Waals surface area contributed by atoms with E-state index in [4.69, 9.17) is 16.3 Å². The van der Waals surface area contributed by atoms with Gasteiger partial charge in [-0.25, -0.2) is 0 Å². The number of aryl methyl sites for hydroxylation is 2. The number of hydrogen-bond donors (Lipinski definition) is 2. The number of aliphatic hydroxyl groups excluding tert-OH is 1. The minimum atomic E-state index is -0.730. The number of methoxy groups -OCH3 is 1. The summed E-state index contributed by atoms with van der Waals surface area (Å²) in [7, 11) is 1.37. The first kappa shape index (κ1) is 26.4. The SMILES string of the molecule is COC(=O)[C@@H]1[C@H]2C[C@@H](c3[nH]c4ccccc4c3CCn3cc(-c4cccc(Cl)c4)nn3)N(C#N)C[C@@H]2CC[C@@H]1O. The van der Waals surface area contributed by atoms with Gasteiger partial charge < -0.3 is 19.7 Å². The molecule has 10 heteroatoms. The summed E-state index contributed by atoms with van der Waals surface area (Å²) < 4.78 is 6.92. The van der Waals surface area contributed by atoms with Gasteiger partial charge in [0.2, 0.25) is 0 Å². The van der Waals surface area contributed by atoms with Crippen LogP contribution in [-0.2, 0) is 22.5 Å². The van der Waals surface area contributed by atoms with Crippen molar-refractivity contribution in [2.24, 2.45) is 17.8 Å². The molecule has 1 saturated carbocycles. The summed E-state index contributed by atoms with van der Waals surface area (Å²) in [6.45, 7) is 1.14. The molecule has 0 bridgehead atoms. The van der Waals surface area contributed by atoms with E-state index in [0.29, 0.717) is 37.4 Å². The second-order valence-electron chi connectivity index (χ2n) is 10.8. The number of carbonyl (C=O) groups is 1. The Kier molecular flexibility index (Phi) is 7.22. The van der Waals surface area contributed by atoms with E-state index in [1.54, 1.807) is 0 Å². The minimum absolute atomic E-state index is 0.0689. The molecule has 2 aromatic carbocycles. The number of fused-ring (bicyclic) bond motifs is 2. The molecular weight excluding hydrogens is 528 g/mol. The normalized spacial score (nSPS) is 24.4. The number of para-hydroxylation sites is 1. The van der Waals surface area contributed by atoms with Crippen molar-refractivity contribution in [1.29, 1.82) is 5.26 Å². The molecule has 3 heterocycles. The predicted molar refractivity (Wildman–Crippen MR) is 150 cm³/mol. The van der Waals surface area contributed by atoms with Crippen molar-refractivity contribution < 1.29 is 14.6 Å². The highest BCUT2D eigenvalue weighted by Crippen LogP contribution is 2.47. The number of carbonyl (C=O) groups excluding carboxylic acids is 1. The molecule has 0 spiro atoms. The van der Waals surface area contributed by atoms with Gasteiger partial charge in [0.1, 0.15) is 5.69 Å². The molecule has 5 atom stereocenters. The fraction of sp³-hybridized carbons (Fsp3) is 0.400. The first-order valence-corrected chi connectivity index (χ1v) is 14.0. The Morgan fingerprint density at radius 1 is 1.25 bits per heavy atom. The third-order valence-electron chi connectivity index (χ3n) is 8.65. The number of H-pyrrole nitrogens is 1. The lowest BCUT2D eigenvalue weighted by Gasteiger charge is -2.47. The van der Waals surface area contributed by atoms with Gasteiger partial charge in [0.25, 0.3) is 0 Å². The Bertz CT molecular complexity index is 1570. The number of piperidine rings is 1. The molecule has 2 N–H and O–H groups in total. The van der Waals surface area contributed by atoms with E-state index in [1.165, 1.54) is 7.11 Å². The number of aliphatic hydroxyl groups is 1. The zero-order valence-corrected chi connectivity index (χ0v) is 23.0. The molecule has 2 aliphatic rings. The summed E-state index contributed by atoms with van der Waals surface area (Å²) in [5.41, 5.74) is 4.74. The molecule has 0 amide bonds. The van der Waals surface area contributed by atoms with E-state index in [2.05, 4.69) is 27.6 Å². The van der Waals surface area contributed by atoms with Crippen molar-refractivity contribution in [3.05, 3.63) is 71.0 Å². The first-order chi connectivity index (χ1) is 19.5. The van der Waals surface area contributed by atoms with Crippen LogP contribution in [0.1, 0.15) is 36.6 Å². The zero-order valence-electron chi connectivity index (χ0n) is 22.2. The highest BCUT2D eigenvalue weighted by atomic mass is 35.5. The van der Waals surface area contributed by atoms with Crippen LogP contribution in [-0.4, -0.2) is 55.7 Å². The van der Waals surface area contributed by atoms with Crippen LogP contribution in [0.3, 0.4) is 0 Å². The zero-order chi connectivity index (χ0) is 27.8. The van der Waals surface area contributed by atoms with Gasteiger partial charge in [-0.3, -0.25) is 9.48 Å². The topological polar surface area (TPSA) is 120 Å². The van der Waals surface area contributed by atoms with Crippen molar-refractivity contribution in [1.82, 2.24) is 24.9 Å². The highest BCUT2D eigenvalue weighted by Gasteiger charge is 2.49. The molecule has 9 nitrogen and oxygen atoms in total. The third-order valence-corrected chi connectivity index (χ3v) is 8.88. The van der Waals surface area contributed by atoms with E-state index in [9.17, 15) is 15.2 Å². The molecule has 0 radical (unpaired) electrons. The van der Waals surface area contributed by atoms with Gasteiger partial charge in [-0.15, -0.1) is 5.10 Å². The van der Waals surface area contributed by atoms with E-state index >= 15 is 0 Å². The van der Waals surface area contributed by atoms with Gasteiger partial charge >= 0.3 is 5.97 Å². The molecule has 40 heavy (non-hydrogen) atoms. The van der Waals surface area contributed by atoms with Crippen molar-refractivity contribution in [3.63, 3.8) is 0 Å². The Hall–Kier alpha value is -3.87. The summed E-state index contributed by atoms with van der Waals surface area (Å²) in [4.78, 5) is 18.2. The maximum Gasteiger partial charge on any atom is 0.311 e. The van der Waals surface area contributed by atoms with Gasteiger partial charge in [-0.2, -0.15) is 5.26 Å². The predicted octanol–water partition coefficient (Wildman–Crippen LogP) is 4.73. The van der Waals surface area contributed by atoms with Gasteiger partial charge in [-0.05, 0) is 61.3 Å². The third kappa shape index (κ3) is 4.82. The second-order valence-corrected chi connectivity index (χ2v) is 11.2. The van der Waals surface area contributed by atoms with Gasteiger partial charge in [0, 0.05) is 40.3 Å². The molecule has 1 aliphatic heterocycles. The fourth-order valence-electron chi connectivity index (χ4n) is 6.73. The summed E-state index contributed by atoms with van der Waals surface area (Å²) in [5.74, 6) is -0.873. The van der Waals surface area contributed by atoms with Gasteiger partial charge in [-0.1, -0.05) is 47.1 Å². The van der Waals surface area contributed by atoms with E-state index in [-0.39, 0.29) is 23.8 Å². The van der Waals surface area contributed by atoms with Crippen molar-refractivity contribution in [3.8, 4) is 17.5 Å². The lowest BCUT2D eigenvalue weighted by Crippen LogP contribution is -2.51. The fourth-order valence-corrected chi connectivity index (χ4v) is 6.92. The van der Waals surface area contributed by atoms with Crippen LogP contribution in [0.25, 0.3) is 22.2 Å². The number of aromatic nitrogens is 4. The molecule has 2 fully saturated rings. The maximum absolute atomic E-state index is 12.7. The molecule has 1 saturated heterocycles. The summed E-state index contributed by atoms with van der Waals surface area (Å²) >= 11 is 6.16. The molecular formula is C30H31ClN6O3. The van der Waals surface area contributed by atoms with Crippen LogP contribution < -0.4 is 0 Å². The second kappa shape index (κ2) is 11.0. The summed E-state index contributed by atoms with van der Waals surface area (Å²) in [5, 5.41) is 31.4. The molecule has 6 rings (SSSR count). The number of ether oxygens (including phenoxy) is 1. The number of likely N-dealkylation sites (tertiary alicyclic amines) is 1. The number of esters is 1. The minimum Gasteiger partial charge on any atom is -0.469 e. The van der Waals surface area contributed by atoms with Gasteiger partial charge in [0.05, 0.1) is 31.4 Å². The van der Waals surface area contributed by atoms with Crippen molar-refractivity contribution in [2.75, 3.05) is 13.7 Å². The van der Waals surface area contributed by atoms with Crippen LogP contribution in [0, 0.1) is 29.2 Å². The number of benzene rings is 2. The van der Waals surface area contributed by atoms with Crippen LogP contribution in [0.2, 0.25) is 5.02 Å². The molecule has 0 unspecified atom stereocenters. The van der Waals surface area contributed by atoms with E-state index in [0.717, 1.165) is 39.8 Å². The molecule has 2 aromatic heterocycles. The lowest BCUT2D eigenvalue weighted by molar-refractivity contribution is -0.159. The standard InChI is InChI=1S/C30H31ClN6O3/c1-40-30(39)28-23-14-26(36(17-32)15-19(23)9-10-27(28)38)29-22(21-7-2-3-8-24(21)33-29)11-12-37-16-25(34-35-37)18-5-4-6-20(31)13-18/h2-8,13,16,19,23,26-28,33,38H,9-12,14-15H2,1H3/t19-,23-,26-,27-,28+/m0/s1. The first-order valence-electron chi connectivity index (χ1n) is 13.6.